The number of carbonyl (C=O) groups is 1. The summed E-state index contributed by atoms with van der Waals surface area (Å²) in [4.78, 5) is 37.8. The molecule has 1 fully saturated rings. The molecule has 0 bridgehead atoms. The van der Waals surface area contributed by atoms with E-state index in [0.717, 1.165) is 18.2 Å². The van der Waals surface area contributed by atoms with Crippen molar-refractivity contribution >= 4 is 46.1 Å². The Kier molecular flexibility index (Phi) is 8.76. The third-order valence-electron chi connectivity index (χ3n) is 6.20. The number of pyridine rings is 1. The maximum absolute atomic E-state index is 13.7. The molecule has 208 valence electrons. The van der Waals surface area contributed by atoms with Gasteiger partial charge in [-0.3, -0.25) is 9.59 Å². The van der Waals surface area contributed by atoms with Gasteiger partial charge in [0.15, 0.2) is 11.2 Å². The number of aromatic nitrogens is 3. The third-order valence-corrected chi connectivity index (χ3v) is 6.51. The number of amides is 1. The highest BCUT2D eigenvalue weighted by Crippen LogP contribution is 2.34. The van der Waals surface area contributed by atoms with Crippen molar-refractivity contribution < 1.29 is 22.7 Å². The van der Waals surface area contributed by atoms with Crippen LogP contribution in [0.25, 0.3) is 17.2 Å². The number of ether oxygens (including phenoxy) is 1. The van der Waals surface area contributed by atoms with Crippen LogP contribution in [0.1, 0.15) is 30.8 Å². The number of fused-ring (bicyclic) bond motifs is 1. The molecule has 9 nitrogen and oxygen atoms in total. The molecular weight excluding hydrogens is 537 g/mol. The number of nitrogens with zero attached hydrogens (tertiary/aromatic N) is 4. The van der Waals surface area contributed by atoms with E-state index in [0.29, 0.717) is 56.3 Å². The van der Waals surface area contributed by atoms with Crippen molar-refractivity contribution in [3.8, 4) is 0 Å². The summed E-state index contributed by atoms with van der Waals surface area (Å²) in [5, 5.41) is 5.59. The molecular formula is C26H28ClF3N6O3. The van der Waals surface area contributed by atoms with Crippen LogP contribution in [0.15, 0.2) is 35.5 Å². The molecule has 4 rings (SSSR count). The fraction of sp³-hybridized carbons (Fsp3) is 0.385. The van der Waals surface area contributed by atoms with Gasteiger partial charge in [0.05, 0.1) is 41.0 Å². The molecule has 2 N–H and O–H groups in total. The van der Waals surface area contributed by atoms with Gasteiger partial charge in [0.1, 0.15) is 12.2 Å². The zero-order chi connectivity index (χ0) is 28.2. The topological polar surface area (TPSA) is 101 Å². The van der Waals surface area contributed by atoms with Gasteiger partial charge in [-0.05, 0) is 37.6 Å². The van der Waals surface area contributed by atoms with E-state index in [1.165, 1.54) is 12.5 Å². The number of carbonyl (C=O) groups excluding carboxylic acids is 1. The van der Waals surface area contributed by atoms with E-state index >= 15 is 0 Å². The molecule has 1 aromatic carbocycles. The van der Waals surface area contributed by atoms with Crippen molar-refractivity contribution in [2.24, 2.45) is 0 Å². The van der Waals surface area contributed by atoms with Crippen LogP contribution >= 0.6 is 11.6 Å². The summed E-state index contributed by atoms with van der Waals surface area (Å²) in [6.45, 7) is 6.49. The Morgan fingerprint density at radius 3 is 2.64 bits per heavy atom. The molecule has 3 heterocycles. The highest BCUT2D eigenvalue weighted by Gasteiger charge is 2.31. The molecule has 0 spiro atoms. The molecule has 1 aliphatic heterocycles. The number of hydrogen-bond acceptors (Lipinski definition) is 7. The number of nitrogens with one attached hydrogen (secondary N) is 2. The lowest BCUT2D eigenvalue weighted by Crippen LogP contribution is -2.46. The third kappa shape index (κ3) is 6.34. The summed E-state index contributed by atoms with van der Waals surface area (Å²) in [7, 11) is 0. The molecule has 0 unspecified atom stereocenters. The molecule has 2 aromatic heterocycles. The van der Waals surface area contributed by atoms with Crippen molar-refractivity contribution in [1.82, 2.24) is 19.9 Å². The standard InChI is InChI=1S/C26H28ClF3N6O3/c1-3-20-23(35-10-8-31-9-11-35)24(38)22-25(32-14-17(33-22)7-12-39-4-2)36(20)15-21(37)34-19-6-5-16(13-18(19)27)26(28,29)30/h5-7,12-14,31H,3-4,8-11,15H2,1-2H3,(H,34,37)/b12-7+. The van der Waals surface area contributed by atoms with Crippen molar-refractivity contribution in [1.29, 1.82) is 0 Å². The minimum Gasteiger partial charge on any atom is -0.501 e. The minimum atomic E-state index is -4.56. The highest BCUT2D eigenvalue weighted by atomic mass is 35.5. The van der Waals surface area contributed by atoms with Crippen molar-refractivity contribution in [3.05, 3.63) is 62.9 Å². The Hall–Kier alpha value is -3.64. The molecule has 13 heteroatoms. The summed E-state index contributed by atoms with van der Waals surface area (Å²) in [6, 6.07) is 2.71. The molecule has 1 amide bonds. The maximum atomic E-state index is 13.7. The number of benzene rings is 1. The van der Waals surface area contributed by atoms with E-state index in [2.05, 4.69) is 20.6 Å². The Morgan fingerprint density at radius 2 is 2.00 bits per heavy atom. The van der Waals surface area contributed by atoms with Gasteiger partial charge in [-0.1, -0.05) is 18.5 Å². The molecule has 0 aliphatic carbocycles. The first kappa shape index (κ1) is 28.4. The van der Waals surface area contributed by atoms with Crippen LogP contribution in [0.3, 0.4) is 0 Å². The van der Waals surface area contributed by atoms with Crippen LogP contribution in [0.2, 0.25) is 5.02 Å². The maximum Gasteiger partial charge on any atom is 0.416 e. The van der Waals surface area contributed by atoms with Gasteiger partial charge >= 0.3 is 6.18 Å². The average Bonchev–Trinajstić information content (AvgIpc) is 2.91. The Labute approximate surface area is 227 Å². The first-order valence-electron chi connectivity index (χ1n) is 12.5. The van der Waals surface area contributed by atoms with Gasteiger partial charge in [-0.2, -0.15) is 13.2 Å². The Bertz CT molecular complexity index is 1450. The summed E-state index contributed by atoms with van der Waals surface area (Å²) >= 11 is 6.04. The largest absolute Gasteiger partial charge is 0.501 e. The van der Waals surface area contributed by atoms with E-state index in [1.807, 2.05) is 18.7 Å². The lowest BCUT2D eigenvalue weighted by Gasteiger charge is -2.31. The molecule has 1 aliphatic rings. The second kappa shape index (κ2) is 12.0. The fourth-order valence-electron chi connectivity index (χ4n) is 4.41. The van der Waals surface area contributed by atoms with Gasteiger partial charge in [-0.25, -0.2) is 9.97 Å². The number of hydrogen-bond donors (Lipinski definition) is 2. The first-order valence-corrected chi connectivity index (χ1v) is 12.8. The normalized spacial score (nSPS) is 14.3. The molecule has 0 radical (unpaired) electrons. The van der Waals surface area contributed by atoms with Gasteiger partial charge < -0.3 is 24.8 Å². The van der Waals surface area contributed by atoms with Crippen LogP contribution in [0, 0.1) is 0 Å². The Morgan fingerprint density at radius 1 is 1.26 bits per heavy atom. The van der Waals surface area contributed by atoms with E-state index in [9.17, 15) is 22.8 Å². The van der Waals surface area contributed by atoms with Gasteiger partial charge in [-0.15, -0.1) is 0 Å². The molecule has 1 saturated heterocycles. The van der Waals surface area contributed by atoms with Gasteiger partial charge in [0.2, 0.25) is 11.3 Å². The van der Waals surface area contributed by atoms with Crippen LogP contribution < -0.4 is 21.0 Å². The minimum absolute atomic E-state index is 0.0369. The molecule has 39 heavy (non-hydrogen) atoms. The number of piperazine rings is 1. The van der Waals surface area contributed by atoms with Crippen LogP contribution in [-0.2, 0) is 28.7 Å². The number of rotatable bonds is 8. The van der Waals surface area contributed by atoms with Crippen molar-refractivity contribution in [3.63, 3.8) is 0 Å². The lowest BCUT2D eigenvalue weighted by molar-refractivity contribution is -0.137. The smallest absolute Gasteiger partial charge is 0.416 e. The monoisotopic (exact) mass is 564 g/mol. The molecule has 0 saturated carbocycles. The zero-order valence-electron chi connectivity index (χ0n) is 21.4. The summed E-state index contributed by atoms with van der Waals surface area (Å²) in [6.07, 6.45) is 0.395. The average molecular weight is 565 g/mol. The van der Waals surface area contributed by atoms with E-state index in [4.69, 9.17) is 16.3 Å². The van der Waals surface area contributed by atoms with Crippen LogP contribution in [0.4, 0.5) is 24.5 Å². The Balaban J connectivity index is 1.77. The van der Waals surface area contributed by atoms with Crippen molar-refractivity contribution in [2.75, 3.05) is 43.0 Å². The number of anilines is 2. The summed E-state index contributed by atoms with van der Waals surface area (Å²) < 4.78 is 45.9. The second-order valence-electron chi connectivity index (χ2n) is 8.77. The number of alkyl halides is 3. The predicted molar refractivity (Wildman–Crippen MR) is 144 cm³/mol. The number of halogens is 4. The van der Waals surface area contributed by atoms with Gasteiger partial charge in [0.25, 0.3) is 0 Å². The second-order valence-corrected chi connectivity index (χ2v) is 9.17. The predicted octanol–water partition coefficient (Wildman–Crippen LogP) is 4.08. The van der Waals surface area contributed by atoms with E-state index in [-0.39, 0.29) is 33.8 Å². The zero-order valence-corrected chi connectivity index (χ0v) is 22.2. The summed E-state index contributed by atoms with van der Waals surface area (Å²) in [5.41, 5.74) is 0.617. The quantitative estimate of drug-likeness (QED) is 0.398. The molecule has 3 aromatic rings. The first-order chi connectivity index (χ1) is 18.6. The van der Waals surface area contributed by atoms with E-state index in [1.54, 1.807) is 10.6 Å². The molecule has 0 atom stereocenters. The highest BCUT2D eigenvalue weighted by molar-refractivity contribution is 6.33. The van der Waals surface area contributed by atoms with Crippen molar-refractivity contribution in [2.45, 2.75) is 33.0 Å². The van der Waals surface area contributed by atoms with Gasteiger partial charge in [0, 0.05) is 31.9 Å². The lowest BCUT2D eigenvalue weighted by atomic mass is 10.1. The van der Waals surface area contributed by atoms with E-state index < -0.39 is 17.6 Å². The van der Waals surface area contributed by atoms with Crippen LogP contribution in [0.5, 0.6) is 0 Å². The summed E-state index contributed by atoms with van der Waals surface area (Å²) in [5.74, 6) is -0.551. The fourth-order valence-corrected chi connectivity index (χ4v) is 4.64. The SMILES string of the molecule is CCO/C=C/c1cnc2c(n1)c(=O)c(N1CCNCC1)c(CC)n2CC(=O)Nc1ccc(C(F)(F)F)cc1Cl. The van der Waals surface area contributed by atoms with Crippen LogP contribution in [-0.4, -0.2) is 53.2 Å².